The Morgan fingerprint density at radius 1 is 1.53 bits per heavy atom. The summed E-state index contributed by atoms with van der Waals surface area (Å²) < 4.78 is 5.82. The number of carbonyl (C=O) groups excluding carboxylic acids is 1. The van der Waals surface area contributed by atoms with E-state index in [4.69, 9.17) is 9.84 Å². The molecule has 1 amide bonds. The average Bonchev–Trinajstić information content (AvgIpc) is 2.17. The number of methoxy groups -OCH3 is 1. The van der Waals surface area contributed by atoms with Crippen molar-refractivity contribution in [2.75, 3.05) is 12.4 Å². The lowest BCUT2D eigenvalue weighted by Gasteiger charge is -2.06. The van der Waals surface area contributed by atoms with Gasteiger partial charge in [-0.25, -0.2) is 0 Å². The zero-order valence-corrected chi connectivity index (χ0v) is 9.61. The summed E-state index contributed by atoms with van der Waals surface area (Å²) in [5, 5.41) is 11.0. The highest BCUT2D eigenvalue weighted by molar-refractivity contribution is 9.10. The van der Waals surface area contributed by atoms with Crippen molar-refractivity contribution < 1.29 is 14.6 Å². The number of amides is 1. The number of rotatable bonds is 3. The van der Waals surface area contributed by atoms with E-state index in [-0.39, 0.29) is 0 Å². The number of hydrogen-bond donors (Lipinski definition) is 2. The van der Waals surface area contributed by atoms with Crippen LogP contribution in [-0.2, 0) is 4.79 Å². The van der Waals surface area contributed by atoms with Gasteiger partial charge in [0.2, 0.25) is 0 Å². The Balaban J connectivity index is 2.85. The topological polar surface area (TPSA) is 58.6 Å². The van der Waals surface area contributed by atoms with Crippen LogP contribution in [0, 0.1) is 0 Å². The first-order valence-electron chi connectivity index (χ1n) is 4.12. The summed E-state index contributed by atoms with van der Waals surface area (Å²) in [6.07, 6.45) is 1.71. The third-order valence-corrected chi connectivity index (χ3v) is 2.06. The molecule has 0 saturated heterocycles. The van der Waals surface area contributed by atoms with Gasteiger partial charge in [0.25, 0.3) is 5.91 Å². The van der Waals surface area contributed by atoms with Gasteiger partial charge in [-0.3, -0.25) is 4.79 Å². The fraction of sp³-hybridized carbons (Fsp3) is 0.100. The fourth-order valence-corrected chi connectivity index (χ4v) is 1.48. The fourth-order valence-electron chi connectivity index (χ4n) is 1.00. The zero-order chi connectivity index (χ0) is 11.3. The van der Waals surface area contributed by atoms with Crippen molar-refractivity contribution in [2.24, 2.45) is 0 Å². The Morgan fingerprint density at radius 3 is 2.87 bits per heavy atom. The highest BCUT2D eigenvalue weighted by Gasteiger charge is 2.01. The van der Waals surface area contributed by atoms with Crippen molar-refractivity contribution in [3.63, 3.8) is 0 Å². The molecule has 4 nitrogen and oxygen atoms in total. The molecule has 1 aromatic rings. The van der Waals surface area contributed by atoms with E-state index in [0.717, 1.165) is 10.5 Å². The van der Waals surface area contributed by atoms with Crippen LogP contribution in [0.15, 0.2) is 35.0 Å². The van der Waals surface area contributed by atoms with Gasteiger partial charge in [0.05, 0.1) is 13.4 Å². The van der Waals surface area contributed by atoms with Gasteiger partial charge < -0.3 is 15.2 Å². The lowest BCUT2D eigenvalue weighted by Crippen LogP contribution is -2.07. The maximum Gasteiger partial charge on any atom is 0.251 e. The smallest absolute Gasteiger partial charge is 0.251 e. The van der Waals surface area contributed by atoms with Crippen molar-refractivity contribution in [3.8, 4) is 5.75 Å². The number of carbonyl (C=O) groups is 1. The highest BCUT2D eigenvalue weighted by atomic mass is 79.9. The largest absolute Gasteiger partial charge is 0.515 e. The Kier molecular flexibility index (Phi) is 4.17. The third-order valence-electron chi connectivity index (χ3n) is 1.60. The molecule has 0 aliphatic heterocycles. The van der Waals surface area contributed by atoms with E-state index < -0.39 is 5.91 Å². The minimum Gasteiger partial charge on any atom is -0.515 e. The number of aliphatic hydroxyl groups is 1. The van der Waals surface area contributed by atoms with Crippen molar-refractivity contribution >= 4 is 27.5 Å². The first-order valence-corrected chi connectivity index (χ1v) is 4.91. The molecule has 0 aliphatic carbocycles. The molecule has 0 atom stereocenters. The standard InChI is InChI=1S/C10H10BrNO3/c1-15-9-5-7(11)4-8(6-9)12-10(14)2-3-13/h2-6,13H,1H3,(H,12,14)/b3-2+. The number of halogens is 1. The average molecular weight is 272 g/mol. The van der Waals surface area contributed by atoms with E-state index >= 15 is 0 Å². The molecule has 80 valence electrons. The first kappa shape index (κ1) is 11.6. The molecular formula is C10H10BrNO3. The van der Waals surface area contributed by atoms with Crippen LogP contribution < -0.4 is 10.1 Å². The quantitative estimate of drug-likeness (QED) is 0.656. The van der Waals surface area contributed by atoms with Crippen LogP contribution in [0.25, 0.3) is 0 Å². The Bertz CT molecular complexity index is 390. The SMILES string of the molecule is COc1cc(Br)cc(NC(=O)/C=C/O)c1. The molecule has 0 aliphatic rings. The molecule has 5 heteroatoms. The molecule has 0 aromatic heterocycles. The van der Waals surface area contributed by atoms with E-state index in [1.165, 1.54) is 0 Å². The summed E-state index contributed by atoms with van der Waals surface area (Å²) in [5.74, 6) is 0.227. The van der Waals surface area contributed by atoms with Crippen molar-refractivity contribution in [3.05, 3.63) is 35.0 Å². The summed E-state index contributed by atoms with van der Waals surface area (Å²) in [4.78, 5) is 11.1. The van der Waals surface area contributed by atoms with Crippen LogP contribution in [-0.4, -0.2) is 18.1 Å². The number of anilines is 1. The second-order valence-corrected chi connectivity index (χ2v) is 3.60. The van der Waals surface area contributed by atoms with Gasteiger partial charge in [0, 0.05) is 22.3 Å². The molecule has 0 heterocycles. The zero-order valence-electron chi connectivity index (χ0n) is 8.03. The van der Waals surface area contributed by atoms with E-state index in [1.54, 1.807) is 25.3 Å². The number of nitrogens with one attached hydrogen (secondary N) is 1. The summed E-state index contributed by atoms with van der Waals surface area (Å²) in [6.45, 7) is 0. The van der Waals surface area contributed by atoms with Gasteiger partial charge in [-0.15, -0.1) is 0 Å². The summed E-state index contributed by atoms with van der Waals surface area (Å²) in [7, 11) is 1.54. The number of benzene rings is 1. The maximum atomic E-state index is 11.1. The van der Waals surface area contributed by atoms with E-state index in [9.17, 15) is 4.79 Å². The van der Waals surface area contributed by atoms with Crippen LogP contribution in [0.2, 0.25) is 0 Å². The first-order chi connectivity index (χ1) is 7.15. The van der Waals surface area contributed by atoms with Gasteiger partial charge in [-0.1, -0.05) is 15.9 Å². The Hall–Kier alpha value is -1.49. The van der Waals surface area contributed by atoms with E-state index in [1.807, 2.05) is 0 Å². The molecule has 1 rings (SSSR count). The van der Waals surface area contributed by atoms with Gasteiger partial charge in [0.15, 0.2) is 0 Å². The molecule has 0 fully saturated rings. The second kappa shape index (κ2) is 5.41. The van der Waals surface area contributed by atoms with Crippen molar-refractivity contribution in [1.29, 1.82) is 0 Å². The molecule has 15 heavy (non-hydrogen) atoms. The minimum atomic E-state index is -0.405. The molecule has 2 N–H and O–H groups in total. The second-order valence-electron chi connectivity index (χ2n) is 2.68. The van der Waals surface area contributed by atoms with Gasteiger partial charge >= 0.3 is 0 Å². The van der Waals surface area contributed by atoms with Crippen molar-refractivity contribution in [2.45, 2.75) is 0 Å². The monoisotopic (exact) mass is 271 g/mol. The lowest BCUT2D eigenvalue weighted by molar-refractivity contribution is -0.112. The molecule has 0 saturated carbocycles. The molecule has 0 spiro atoms. The molecule has 0 radical (unpaired) electrons. The number of hydrogen-bond acceptors (Lipinski definition) is 3. The number of aliphatic hydroxyl groups excluding tert-OH is 1. The predicted molar refractivity (Wildman–Crippen MR) is 61.1 cm³/mol. The summed E-state index contributed by atoms with van der Waals surface area (Å²) in [6, 6.07) is 5.18. The van der Waals surface area contributed by atoms with Crippen molar-refractivity contribution in [1.82, 2.24) is 0 Å². The van der Waals surface area contributed by atoms with Crippen LogP contribution >= 0.6 is 15.9 Å². The summed E-state index contributed by atoms with van der Waals surface area (Å²) >= 11 is 3.28. The molecular weight excluding hydrogens is 262 g/mol. The Morgan fingerprint density at radius 2 is 2.27 bits per heavy atom. The van der Waals surface area contributed by atoms with E-state index in [2.05, 4.69) is 21.2 Å². The van der Waals surface area contributed by atoms with Gasteiger partial charge in [-0.05, 0) is 12.1 Å². The molecule has 1 aromatic carbocycles. The van der Waals surface area contributed by atoms with Crippen LogP contribution in [0.5, 0.6) is 5.75 Å². The predicted octanol–water partition coefficient (Wildman–Crippen LogP) is 2.47. The highest BCUT2D eigenvalue weighted by Crippen LogP contribution is 2.24. The third kappa shape index (κ3) is 3.63. The van der Waals surface area contributed by atoms with Gasteiger partial charge in [0.1, 0.15) is 5.75 Å². The van der Waals surface area contributed by atoms with E-state index in [0.29, 0.717) is 17.7 Å². The molecule has 0 unspecified atom stereocenters. The lowest BCUT2D eigenvalue weighted by atomic mass is 10.3. The Labute approximate surface area is 95.7 Å². The maximum absolute atomic E-state index is 11.1. The van der Waals surface area contributed by atoms with Crippen LogP contribution in [0.4, 0.5) is 5.69 Å². The normalized spacial score (nSPS) is 10.3. The van der Waals surface area contributed by atoms with Gasteiger partial charge in [-0.2, -0.15) is 0 Å². The van der Waals surface area contributed by atoms with Crippen LogP contribution in [0.3, 0.4) is 0 Å². The summed E-state index contributed by atoms with van der Waals surface area (Å²) in [5.41, 5.74) is 0.587. The number of ether oxygens (including phenoxy) is 1. The van der Waals surface area contributed by atoms with Crippen LogP contribution in [0.1, 0.15) is 0 Å². The minimum absolute atomic E-state index is 0.405. The molecule has 0 bridgehead atoms.